The Morgan fingerprint density at radius 1 is 0.519 bits per heavy atom. The van der Waals surface area contributed by atoms with Gasteiger partial charge in [0.15, 0.2) is 16.8 Å². The van der Waals surface area contributed by atoms with Gasteiger partial charge >= 0.3 is 0 Å². The molecule has 8 aromatic rings. The maximum atomic E-state index is 10.5. The van der Waals surface area contributed by atoms with Crippen LogP contribution in [-0.2, 0) is 0 Å². The van der Waals surface area contributed by atoms with Gasteiger partial charge in [-0.05, 0) is 43.3 Å². The molecule has 9 rings (SSSR count). The Hall–Kier alpha value is -8.42. The summed E-state index contributed by atoms with van der Waals surface area (Å²) in [5.74, 6) is 1.17. The van der Waals surface area contributed by atoms with Crippen molar-refractivity contribution in [2.75, 3.05) is 5.32 Å². The van der Waals surface area contributed by atoms with Crippen LogP contribution in [0.2, 0.25) is 0 Å². The van der Waals surface area contributed by atoms with Crippen molar-refractivity contribution in [3.05, 3.63) is 102 Å². The van der Waals surface area contributed by atoms with E-state index in [2.05, 4.69) is 31.3 Å². The minimum absolute atomic E-state index is 0.0112. The fourth-order valence-corrected chi connectivity index (χ4v) is 5.67. The topological polar surface area (TPSA) is 227 Å². The molecule has 0 aliphatic carbocycles. The molecule has 0 saturated heterocycles. The van der Waals surface area contributed by atoms with Gasteiger partial charge in [0.25, 0.3) is 11.8 Å². The molecule has 16 heteroatoms. The van der Waals surface area contributed by atoms with Crippen LogP contribution in [0.4, 0.5) is 11.4 Å². The molecule has 16 nitrogen and oxygen atoms in total. The summed E-state index contributed by atoms with van der Waals surface area (Å²) in [7, 11) is 0. The summed E-state index contributed by atoms with van der Waals surface area (Å²) in [4.78, 5) is 42.0. The zero-order chi connectivity index (χ0) is 36.8. The Bertz CT molecular complexity index is 3000. The van der Waals surface area contributed by atoms with Gasteiger partial charge in [0.1, 0.15) is 63.2 Å². The molecule has 254 valence electrons. The van der Waals surface area contributed by atoms with Crippen LogP contribution in [0.5, 0.6) is 29.0 Å². The molecule has 0 amide bonds. The van der Waals surface area contributed by atoms with Crippen LogP contribution in [-0.4, -0.2) is 51.3 Å². The highest BCUT2D eigenvalue weighted by Gasteiger charge is 2.40. The van der Waals surface area contributed by atoms with Gasteiger partial charge < -0.3 is 19.5 Å². The van der Waals surface area contributed by atoms with E-state index >= 15 is 0 Å². The summed E-state index contributed by atoms with van der Waals surface area (Å²) in [6, 6.07) is 32.8. The van der Waals surface area contributed by atoms with E-state index in [0.717, 1.165) is 0 Å². The largest absolute Gasteiger partial charge is 0.439 e. The van der Waals surface area contributed by atoms with Crippen molar-refractivity contribution >= 4 is 61.9 Å². The normalized spacial score (nSPS) is 14.7. The van der Waals surface area contributed by atoms with Crippen LogP contribution >= 0.6 is 0 Å². The van der Waals surface area contributed by atoms with E-state index < -0.39 is 5.54 Å². The fourth-order valence-electron chi connectivity index (χ4n) is 5.67. The number of benzene rings is 4. The van der Waals surface area contributed by atoms with E-state index in [4.69, 9.17) is 39.1 Å². The number of hydrogen-bond acceptors (Lipinski definition) is 16. The summed E-state index contributed by atoms with van der Waals surface area (Å²) in [5, 5.41) is 33.7. The Labute approximate surface area is 303 Å². The maximum Gasteiger partial charge on any atom is 0.258 e. The SMILES string of the molecule is CC1(C#N)Nc2c(c3nc4nc(C#N)c(Oc5ccccc5)nc4nc3c3nc4nc(C#N)c(Oc5ccccc5)nc4nc23)N=C1Oc1ccccc1. The van der Waals surface area contributed by atoms with Gasteiger partial charge in [0.2, 0.25) is 28.6 Å². The quantitative estimate of drug-likeness (QED) is 0.147. The van der Waals surface area contributed by atoms with Gasteiger partial charge in [-0.15, -0.1) is 0 Å². The fraction of sp³-hybridized carbons (Fsp3) is 0.0526. The van der Waals surface area contributed by atoms with Crippen LogP contribution in [0.15, 0.2) is 96.0 Å². The van der Waals surface area contributed by atoms with Gasteiger partial charge in [0.05, 0.1) is 5.69 Å². The summed E-state index contributed by atoms with van der Waals surface area (Å²) >= 11 is 0. The number of ether oxygens (including phenoxy) is 3. The predicted molar refractivity (Wildman–Crippen MR) is 193 cm³/mol. The number of hydrogen-bond donors (Lipinski definition) is 1. The predicted octanol–water partition coefficient (Wildman–Crippen LogP) is 6.60. The summed E-state index contributed by atoms with van der Waals surface area (Å²) < 4.78 is 18.0. The Balaban J connectivity index is 1.33. The molecule has 1 unspecified atom stereocenters. The van der Waals surface area contributed by atoms with Crippen molar-refractivity contribution in [2.24, 2.45) is 4.99 Å². The van der Waals surface area contributed by atoms with E-state index in [0.29, 0.717) is 17.2 Å². The first kappa shape index (κ1) is 31.6. The lowest BCUT2D eigenvalue weighted by molar-refractivity contribution is 0.460. The highest BCUT2D eigenvalue weighted by Crippen LogP contribution is 2.45. The molecule has 0 fully saturated rings. The van der Waals surface area contributed by atoms with Gasteiger partial charge in [-0.2, -0.15) is 25.8 Å². The molecular weight excluding hydrogens is 687 g/mol. The molecule has 1 atom stereocenters. The molecular formula is C38H19N13O3. The number of aromatic nitrogens is 8. The molecule has 0 radical (unpaired) electrons. The third kappa shape index (κ3) is 5.35. The van der Waals surface area contributed by atoms with E-state index in [1.807, 2.05) is 30.3 Å². The standard InChI is InChI=1S/C38H19N13O3/c1-38(19-41)37(54-22-15-9-4-10-16-22)48-29-27-25(46-33-31(45-27)42-23(17-39)35(49-33)52-20-11-5-2-6-12-20)26-28(30(29)51-38)47-34-32(44-26)43-24(18-40)36(50-34)53-21-13-7-3-8-14-21/h2-16,51H,1H3. The van der Waals surface area contributed by atoms with Crippen LogP contribution in [0.3, 0.4) is 0 Å². The number of anilines is 1. The van der Waals surface area contributed by atoms with E-state index in [1.165, 1.54) is 0 Å². The molecule has 4 aromatic carbocycles. The maximum absolute atomic E-state index is 10.5. The van der Waals surface area contributed by atoms with E-state index in [-0.39, 0.29) is 85.1 Å². The molecule has 54 heavy (non-hydrogen) atoms. The second kappa shape index (κ2) is 12.4. The van der Waals surface area contributed by atoms with Crippen molar-refractivity contribution in [3.63, 3.8) is 0 Å². The Morgan fingerprint density at radius 2 is 0.944 bits per heavy atom. The molecule has 0 spiro atoms. The molecule has 0 saturated carbocycles. The van der Waals surface area contributed by atoms with Crippen molar-refractivity contribution in [1.29, 1.82) is 15.8 Å². The minimum atomic E-state index is -1.50. The van der Waals surface area contributed by atoms with Crippen LogP contribution < -0.4 is 19.5 Å². The summed E-state index contributed by atoms with van der Waals surface area (Å²) in [6.07, 6.45) is 0. The minimum Gasteiger partial charge on any atom is -0.439 e. The average Bonchev–Trinajstić information content (AvgIpc) is 3.21. The van der Waals surface area contributed by atoms with Crippen molar-refractivity contribution in [1.82, 2.24) is 39.9 Å². The van der Waals surface area contributed by atoms with Crippen molar-refractivity contribution < 1.29 is 14.2 Å². The first-order valence-electron chi connectivity index (χ1n) is 16.2. The van der Waals surface area contributed by atoms with Gasteiger partial charge in [-0.1, -0.05) is 54.6 Å². The summed E-state index contributed by atoms with van der Waals surface area (Å²) in [6.45, 7) is 1.61. The van der Waals surface area contributed by atoms with Gasteiger partial charge in [-0.25, -0.2) is 34.9 Å². The molecule has 4 aromatic heterocycles. The zero-order valence-electron chi connectivity index (χ0n) is 27.8. The van der Waals surface area contributed by atoms with Crippen molar-refractivity contribution in [2.45, 2.75) is 12.5 Å². The highest BCUT2D eigenvalue weighted by atomic mass is 16.5. The Kier molecular flexibility index (Phi) is 7.25. The number of para-hydroxylation sites is 3. The smallest absolute Gasteiger partial charge is 0.258 e. The van der Waals surface area contributed by atoms with Crippen molar-refractivity contribution in [3.8, 4) is 47.2 Å². The lowest BCUT2D eigenvalue weighted by atomic mass is 9.99. The Morgan fingerprint density at radius 3 is 1.43 bits per heavy atom. The van der Waals surface area contributed by atoms with E-state index in [9.17, 15) is 15.8 Å². The number of aliphatic imine (C=N–C) groups is 1. The molecule has 5 heterocycles. The average molecular weight is 706 g/mol. The third-order valence-electron chi connectivity index (χ3n) is 8.22. The number of fused-ring (bicyclic) bond motifs is 8. The van der Waals surface area contributed by atoms with Gasteiger partial charge in [-0.3, -0.25) is 0 Å². The number of nitriles is 3. The zero-order valence-corrected chi connectivity index (χ0v) is 27.8. The first-order valence-corrected chi connectivity index (χ1v) is 16.2. The van der Waals surface area contributed by atoms with Crippen LogP contribution in [0.1, 0.15) is 18.3 Å². The van der Waals surface area contributed by atoms with Gasteiger partial charge in [0, 0.05) is 0 Å². The van der Waals surface area contributed by atoms with E-state index in [1.54, 1.807) is 79.7 Å². The number of nitrogens with zero attached hydrogens (tertiary/aromatic N) is 12. The summed E-state index contributed by atoms with van der Waals surface area (Å²) in [5.41, 5.74) is -0.475. The molecule has 0 bridgehead atoms. The molecule has 1 aliphatic rings. The third-order valence-corrected chi connectivity index (χ3v) is 8.22. The molecule has 1 aliphatic heterocycles. The number of nitrogens with one attached hydrogen (secondary N) is 1. The van der Waals surface area contributed by atoms with Crippen LogP contribution in [0, 0.1) is 34.0 Å². The number of rotatable bonds is 5. The second-order valence-electron chi connectivity index (χ2n) is 11.9. The first-order chi connectivity index (χ1) is 26.4. The van der Waals surface area contributed by atoms with Crippen LogP contribution in [0.25, 0.3) is 44.7 Å². The highest BCUT2D eigenvalue weighted by molar-refractivity contribution is 6.19. The second-order valence-corrected chi connectivity index (χ2v) is 11.9. The monoisotopic (exact) mass is 705 g/mol. The lowest BCUT2D eigenvalue weighted by Gasteiger charge is -2.31. The molecule has 1 N–H and O–H groups in total. The lowest BCUT2D eigenvalue weighted by Crippen LogP contribution is -2.46.